The van der Waals surface area contributed by atoms with Gasteiger partial charge < -0.3 is 0 Å². The quantitative estimate of drug-likeness (QED) is 0.647. The molecule has 2 aromatic rings. The summed E-state index contributed by atoms with van der Waals surface area (Å²) >= 11 is 0. The molecule has 1 heteroatoms. The molecule has 0 radical (unpaired) electrons. The average Bonchev–Trinajstić information content (AvgIpc) is 3.02. The molecule has 0 aliphatic heterocycles. The van der Waals surface area contributed by atoms with E-state index >= 15 is 0 Å². The van der Waals surface area contributed by atoms with Crippen LogP contribution in [0.5, 0.6) is 0 Å². The van der Waals surface area contributed by atoms with Crippen molar-refractivity contribution >= 4 is 0 Å². The lowest BCUT2D eigenvalue weighted by molar-refractivity contribution is -0.660. The predicted octanol–water partition coefficient (Wildman–Crippen LogP) is 5.42. The van der Waals surface area contributed by atoms with Crippen LogP contribution < -0.4 is 4.57 Å². The van der Waals surface area contributed by atoms with Crippen molar-refractivity contribution in [1.29, 1.82) is 0 Å². The minimum Gasteiger partial charge on any atom is -0.201 e. The smallest absolute Gasteiger partial charge is 0.201 e. The maximum atomic E-state index is 2.42. The number of benzene rings is 1. The van der Waals surface area contributed by atoms with Crippen molar-refractivity contribution in [3.63, 3.8) is 0 Å². The van der Waals surface area contributed by atoms with Crippen LogP contribution in [0.25, 0.3) is 11.3 Å². The minimum absolute atomic E-state index is 0.709. The van der Waals surface area contributed by atoms with Crippen molar-refractivity contribution in [2.75, 3.05) is 0 Å². The molecule has 0 bridgehead atoms. The van der Waals surface area contributed by atoms with Crippen LogP contribution in [0.1, 0.15) is 56.2 Å². The van der Waals surface area contributed by atoms with E-state index in [0.717, 1.165) is 12.3 Å². The molecule has 1 heterocycles. The zero-order valence-electron chi connectivity index (χ0n) is 15.8. The maximum Gasteiger partial charge on any atom is 0.212 e. The maximum absolute atomic E-state index is 2.42. The molecule has 24 heavy (non-hydrogen) atoms. The highest BCUT2D eigenvalue weighted by molar-refractivity contribution is 5.62. The second kappa shape index (κ2) is 7.51. The first-order valence-electron chi connectivity index (χ1n) is 9.61. The third-order valence-electron chi connectivity index (χ3n) is 5.42. The molecule has 0 unspecified atom stereocenters. The fraction of sp³-hybridized carbons (Fsp3) is 0.522. The molecular formula is C23H32N+. The summed E-state index contributed by atoms with van der Waals surface area (Å²) < 4.78 is 2.27. The van der Waals surface area contributed by atoms with E-state index < -0.39 is 0 Å². The molecule has 0 spiro atoms. The highest BCUT2D eigenvalue weighted by Crippen LogP contribution is 2.29. The molecule has 1 aliphatic rings. The van der Waals surface area contributed by atoms with Gasteiger partial charge in [-0.05, 0) is 54.4 Å². The summed E-state index contributed by atoms with van der Waals surface area (Å²) in [5.41, 5.74) is 7.07. The minimum atomic E-state index is 0.709. The van der Waals surface area contributed by atoms with Crippen molar-refractivity contribution in [1.82, 2.24) is 0 Å². The number of aryl methyl sites for hydroxylation is 2. The third kappa shape index (κ3) is 4.06. The van der Waals surface area contributed by atoms with Crippen molar-refractivity contribution in [3.05, 3.63) is 53.2 Å². The van der Waals surface area contributed by atoms with Crippen molar-refractivity contribution in [2.24, 2.45) is 18.9 Å². The van der Waals surface area contributed by atoms with Crippen molar-refractivity contribution < 1.29 is 4.57 Å². The average molecular weight is 323 g/mol. The Hall–Kier alpha value is -1.63. The van der Waals surface area contributed by atoms with E-state index in [1.165, 1.54) is 60.1 Å². The van der Waals surface area contributed by atoms with Crippen LogP contribution in [0.15, 0.2) is 36.5 Å². The first-order valence-corrected chi connectivity index (χ1v) is 9.61. The molecular weight excluding hydrogens is 290 g/mol. The fourth-order valence-electron chi connectivity index (χ4n) is 4.17. The summed E-state index contributed by atoms with van der Waals surface area (Å²) in [7, 11) is 2.16. The van der Waals surface area contributed by atoms with E-state index in [1.54, 1.807) is 0 Å². The summed E-state index contributed by atoms with van der Waals surface area (Å²) in [6.45, 7) is 6.83. The van der Waals surface area contributed by atoms with Crippen molar-refractivity contribution in [3.8, 4) is 11.3 Å². The summed E-state index contributed by atoms with van der Waals surface area (Å²) in [5.74, 6) is 1.61. The van der Waals surface area contributed by atoms with Gasteiger partial charge in [0, 0.05) is 17.7 Å². The number of rotatable bonds is 5. The Morgan fingerprint density at radius 3 is 2.46 bits per heavy atom. The van der Waals surface area contributed by atoms with Gasteiger partial charge in [-0.2, -0.15) is 0 Å². The Morgan fingerprint density at radius 1 is 1.04 bits per heavy atom. The van der Waals surface area contributed by atoms with E-state index in [4.69, 9.17) is 0 Å². The van der Waals surface area contributed by atoms with Crippen LogP contribution in [0.4, 0.5) is 0 Å². The van der Waals surface area contributed by atoms with Gasteiger partial charge in [0.1, 0.15) is 7.05 Å². The lowest BCUT2D eigenvalue weighted by Gasteiger charge is -2.12. The largest absolute Gasteiger partial charge is 0.212 e. The zero-order valence-corrected chi connectivity index (χ0v) is 15.8. The summed E-state index contributed by atoms with van der Waals surface area (Å²) in [6.07, 6.45) is 10.3. The van der Waals surface area contributed by atoms with E-state index in [-0.39, 0.29) is 0 Å². The Bertz CT molecular complexity index is 693. The Labute approximate surface area is 147 Å². The van der Waals surface area contributed by atoms with E-state index in [9.17, 15) is 0 Å². The Balaban J connectivity index is 1.87. The van der Waals surface area contributed by atoms with Gasteiger partial charge in [-0.15, -0.1) is 0 Å². The molecule has 1 nitrogen and oxygen atoms in total. The van der Waals surface area contributed by atoms with Gasteiger partial charge in [0.15, 0.2) is 6.20 Å². The summed E-state index contributed by atoms with van der Waals surface area (Å²) in [5, 5.41) is 0. The number of nitrogens with zero attached hydrogens (tertiary/aromatic N) is 1. The first kappa shape index (κ1) is 17.2. The van der Waals surface area contributed by atoms with E-state index in [0.29, 0.717) is 5.92 Å². The lowest BCUT2D eigenvalue weighted by atomic mass is 9.94. The molecule has 1 fully saturated rings. The standard InChI is InChI=1S/C23H32N/c1-17(2)13-20-9-10-22(18(3)14-20)23-16-21(11-12-24(23)4)15-19-7-5-6-8-19/h9-12,14,16-17,19H,5-8,13,15H2,1-4H3/q+1. The molecule has 0 amide bonds. The van der Waals surface area contributed by atoms with Crippen molar-refractivity contribution in [2.45, 2.75) is 59.3 Å². The van der Waals surface area contributed by atoms with Crippen LogP contribution in [-0.2, 0) is 19.9 Å². The van der Waals surface area contributed by atoms with Crippen LogP contribution in [0.2, 0.25) is 0 Å². The van der Waals surface area contributed by atoms with Gasteiger partial charge in [-0.1, -0.05) is 51.7 Å². The Morgan fingerprint density at radius 2 is 1.79 bits per heavy atom. The molecule has 1 aliphatic carbocycles. The molecule has 1 saturated carbocycles. The second-order valence-electron chi connectivity index (χ2n) is 8.13. The molecule has 3 rings (SSSR count). The molecule has 128 valence electrons. The second-order valence-corrected chi connectivity index (χ2v) is 8.13. The van der Waals surface area contributed by atoms with Crippen LogP contribution in [0, 0.1) is 18.8 Å². The third-order valence-corrected chi connectivity index (χ3v) is 5.42. The Kier molecular flexibility index (Phi) is 5.38. The number of hydrogen-bond acceptors (Lipinski definition) is 0. The van der Waals surface area contributed by atoms with E-state index in [2.05, 4.69) is 68.9 Å². The fourth-order valence-corrected chi connectivity index (χ4v) is 4.17. The monoisotopic (exact) mass is 322 g/mol. The number of aromatic nitrogens is 1. The highest BCUT2D eigenvalue weighted by atomic mass is 14.9. The molecule has 0 atom stereocenters. The van der Waals surface area contributed by atoms with Gasteiger partial charge in [-0.3, -0.25) is 0 Å². The topological polar surface area (TPSA) is 3.88 Å². The van der Waals surface area contributed by atoms with Crippen LogP contribution in [0.3, 0.4) is 0 Å². The van der Waals surface area contributed by atoms with Gasteiger partial charge in [0.2, 0.25) is 5.69 Å². The van der Waals surface area contributed by atoms with Crippen LogP contribution in [-0.4, -0.2) is 0 Å². The lowest BCUT2D eigenvalue weighted by Crippen LogP contribution is -2.31. The highest BCUT2D eigenvalue weighted by Gasteiger charge is 2.18. The number of hydrogen-bond donors (Lipinski definition) is 0. The zero-order chi connectivity index (χ0) is 17.1. The predicted molar refractivity (Wildman–Crippen MR) is 102 cm³/mol. The van der Waals surface area contributed by atoms with Gasteiger partial charge >= 0.3 is 0 Å². The van der Waals surface area contributed by atoms with Gasteiger partial charge in [0.25, 0.3) is 0 Å². The van der Waals surface area contributed by atoms with Crippen LogP contribution >= 0.6 is 0 Å². The summed E-state index contributed by atoms with van der Waals surface area (Å²) in [6, 6.07) is 11.7. The first-order chi connectivity index (χ1) is 11.5. The van der Waals surface area contributed by atoms with Gasteiger partial charge in [0.05, 0.1) is 0 Å². The van der Waals surface area contributed by atoms with E-state index in [1.807, 2.05) is 0 Å². The molecule has 0 N–H and O–H groups in total. The normalized spacial score (nSPS) is 15.4. The number of pyridine rings is 1. The molecule has 1 aromatic carbocycles. The molecule has 1 aromatic heterocycles. The summed E-state index contributed by atoms with van der Waals surface area (Å²) in [4.78, 5) is 0. The molecule has 0 saturated heterocycles. The van der Waals surface area contributed by atoms with Gasteiger partial charge in [-0.25, -0.2) is 4.57 Å². The SMILES string of the molecule is Cc1cc(CC(C)C)ccc1-c1cc(CC2CCCC2)cc[n+]1C.